The first-order valence-electron chi connectivity index (χ1n) is 15.9. The number of hydrogen-bond acceptors (Lipinski definition) is 9. The van der Waals surface area contributed by atoms with Gasteiger partial charge >= 0.3 is 6.03 Å². The molecule has 46 heavy (non-hydrogen) atoms. The molecule has 16 heteroatoms. The lowest BCUT2D eigenvalue weighted by atomic mass is 9.84. The quantitative estimate of drug-likeness (QED) is 0.0857. The summed E-state index contributed by atoms with van der Waals surface area (Å²) in [5.74, 6) is 0.405. The summed E-state index contributed by atoms with van der Waals surface area (Å²) >= 11 is 6.59. The van der Waals surface area contributed by atoms with E-state index in [0.29, 0.717) is 30.9 Å². The smallest absolute Gasteiger partial charge is 0.315 e. The van der Waals surface area contributed by atoms with E-state index in [9.17, 15) is 29.4 Å². The largest absolute Gasteiger partial charge is 0.384 e. The summed E-state index contributed by atoms with van der Waals surface area (Å²) in [5.41, 5.74) is 11.0. The van der Waals surface area contributed by atoms with Crippen LogP contribution in [0.15, 0.2) is 6.20 Å². The summed E-state index contributed by atoms with van der Waals surface area (Å²) in [4.78, 5) is 53.0. The fourth-order valence-corrected chi connectivity index (χ4v) is 6.60. The van der Waals surface area contributed by atoms with Crippen LogP contribution in [0.3, 0.4) is 0 Å². The molecule has 0 spiro atoms. The molecule has 0 bridgehead atoms. The van der Waals surface area contributed by atoms with Gasteiger partial charge in [0.25, 0.3) is 5.91 Å². The van der Waals surface area contributed by atoms with Crippen LogP contribution in [0.1, 0.15) is 89.8 Å². The number of halogens is 1. The summed E-state index contributed by atoms with van der Waals surface area (Å²) in [6.07, 6.45) is 11.5. The number of primary amides is 1. The minimum absolute atomic E-state index is 0.0568. The van der Waals surface area contributed by atoms with Crippen LogP contribution in [-0.4, -0.2) is 102 Å². The van der Waals surface area contributed by atoms with E-state index in [0.717, 1.165) is 36.5 Å². The maximum absolute atomic E-state index is 14.0. The number of aromatic nitrogens is 3. The second-order valence-electron chi connectivity index (χ2n) is 12.7. The van der Waals surface area contributed by atoms with Crippen molar-refractivity contribution in [2.45, 2.75) is 114 Å². The molecule has 1 saturated heterocycles. The number of nitrogens with zero attached hydrogens (tertiary/aromatic N) is 5. The third-order valence-corrected chi connectivity index (χ3v) is 9.16. The SMILES string of the molecule is C#CCNC(=O)NCCCCC(C(O)C(N)=O)N(Cl)C(=O)[C@@H]1C[C@H](n2nncc2C(C)(C)O)CN1C(=O)[C@H](N)CC1CCCCC1. The molecule has 256 valence electrons. The Morgan fingerprint density at radius 2 is 1.91 bits per heavy atom. The fourth-order valence-electron chi connectivity index (χ4n) is 6.28. The zero-order chi connectivity index (χ0) is 34.0. The highest BCUT2D eigenvalue weighted by Gasteiger charge is 2.46. The van der Waals surface area contributed by atoms with E-state index in [1.807, 2.05) is 0 Å². The summed E-state index contributed by atoms with van der Waals surface area (Å²) in [7, 11) is 0. The normalized spacial score (nSPS) is 20.8. The Balaban J connectivity index is 1.80. The van der Waals surface area contributed by atoms with E-state index in [1.165, 1.54) is 15.8 Å². The zero-order valence-corrected chi connectivity index (χ0v) is 27.4. The molecular formula is C30H48ClN9O6. The van der Waals surface area contributed by atoms with E-state index in [1.54, 1.807) is 13.8 Å². The monoisotopic (exact) mass is 665 g/mol. The van der Waals surface area contributed by atoms with Crippen molar-refractivity contribution in [2.75, 3.05) is 19.6 Å². The molecule has 1 aromatic rings. The Morgan fingerprint density at radius 3 is 2.54 bits per heavy atom. The van der Waals surface area contributed by atoms with Crippen molar-refractivity contribution >= 4 is 35.5 Å². The minimum atomic E-state index is -1.79. The van der Waals surface area contributed by atoms with Crippen LogP contribution in [0.4, 0.5) is 4.79 Å². The highest BCUT2D eigenvalue weighted by atomic mass is 35.5. The molecule has 2 aliphatic rings. The molecule has 8 N–H and O–H groups in total. The van der Waals surface area contributed by atoms with E-state index in [-0.39, 0.29) is 32.5 Å². The lowest BCUT2D eigenvalue weighted by Gasteiger charge is -2.33. The molecule has 2 fully saturated rings. The van der Waals surface area contributed by atoms with Crippen LogP contribution < -0.4 is 22.1 Å². The van der Waals surface area contributed by atoms with Gasteiger partial charge in [-0.3, -0.25) is 14.4 Å². The third-order valence-electron chi connectivity index (χ3n) is 8.74. The van der Waals surface area contributed by atoms with Gasteiger partial charge in [0.2, 0.25) is 11.8 Å². The zero-order valence-electron chi connectivity index (χ0n) is 26.6. The second kappa shape index (κ2) is 16.9. The number of aliphatic hydroxyl groups is 2. The van der Waals surface area contributed by atoms with Gasteiger partial charge in [-0.15, -0.1) is 11.5 Å². The Morgan fingerprint density at radius 1 is 1.22 bits per heavy atom. The van der Waals surface area contributed by atoms with E-state index in [4.69, 9.17) is 29.7 Å². The van der Waals surface area contributed by atoms with Gasteiger partial charge in [-0.25, -0.2) is 13.9 Å². The first kappa shape index (κ1) is 37.0. The van der Waals surface area contributed by atoms with Crippen molar-refractivity contribution in [3.05, 3.63) is 11.9 Å². The maximum atomic E-state index is 14.0. The van der Waals surface area contributed by atoms with Crippen molar-refractivity contribution < 1.29 is 29.4 Å². The number of likely N-dealkylation sites (tertiary alicyclic amines) is 1. The van der Waals surface area contributed by atoms with Gasteiger partial charge in [0.1, 0.15) is 11.6 Å². The topological polar surface area (TPSA) is 222 Å². The number of terminal acetylenes is 1. The number of nitrogens with two attached hydrogens (primary N) is 2. The molecule has 1 aliphatic heterocycles. The first-order chi connectivity index (χ1) is 21.8. The van der Waals surface area contributed by atoms with Gasteiger partial charge in [0, 0.05) is 31.3 Å². The van der Waals surface area contributed by atoms with Gasteiger partial charge in [-0.2, -0.15) is 0 Å². The number of rotatable bonds is 15. The lowest BCUT2D eigenvalue weighted by Crippen LogP contribution is -2.55. The van der Waals surface area contributed by atoms with Crippen molar-refractivity contribution in [1.29, 1.82) is 0 Å². The molecule has 2 heterocycles. The Hall–Kier alpha value is -3.45. The van der Waals surface area contributed by atoms with E-state index < -0.39 is 59.6 Å². The average Bonchev–Trinajstić information content (AvgIpc) is 3.69. The van der Waals surface area contributed by atoms with Crippen LogP contribution in [0.2, 0.25) is 0 Å². The number of unbranched alkanes of at least 4 members (excludes halogenated alkanes) is 1. The molecule has 0 radical (unpaired) electrons. The lowest BCUT2D eigenvalue weighted by molar-refractivity contribution is -0.145. The second-order valence-corrected chi connectivity index (χ2v) is 13.1. The van der Waals surface area contributed by atoms with Crippen LogP contribution >= 0.6 is 11.8 Å². The number of hydrogen-bond donors (Lipinski definition) is 6. The van der Waals surface area contributed by atoms with Crippen molar-refractivity contribution in [3.8, 4) is 12.3 Å². The van der Waals surface area contributed by atoms with Crippen molar-refractivity contribution in [2.24, 2.45) is 17.4 Å². The summed E-state index contributed by atoms with van der Waals surface area (Å²) in [6, 6.07) is -4.14. The van der Waals surface area contributed by atoms with Gasteiger partial charge in [0.15, 0.2) is 6.10 Å². The van der Waals surface area contributed by atoms with Crippen LogP contribution in [0.5, 0.6) is 0 Å². The summed E-state index contributed by atoms with van der Waals surface area (Å²) in [6.45, 7) is 3.56. The Bertz CT molecular complexity index is 1240. The van der Waals surface area contributed by atoms with Gasteiger partial charge < -0.3 is 37.2 Å². The Kier molecular flexibility index (Phi) is 13.6. The van der Waals surface area contributed by atoms with Crippen LogP contribution in [0.25, 0.3) is 0 Å². The van der Waals surface area contributed by atoms with Gasteiger partial charge in [0.05, 0.1) is 36.6 Å². The van der Waals surface area contributed by atoms with Crippen LogP contribution in [0, 0.1) is 18.3 Å². The summed E-state index contributed by atoms with van der Waals surface area (Å²) in [5, 5.41) is 34.6. The molecule has 15 nitrogen and oxygen atoms in total. The fraction of sp³-hybridized carbons (Fsp3) is 0.733. The number of carbonyl (C=O) groups excluding carboxylic acids is 4. The van der Waals surface area contributed by atoms with Crippen LogP contribution in [-0.2, 0) is 20.0 Å². The highest BCUT2D eigenvalue weighted by molar-refractivity contribution is 6.22. The predicted molar refractivity (Wildman–Crippen MR) is 169 cm³/mol. The molecule has 2 unspecified atom stereocenters. The highest BCUT2D eigenvalue weighted by Crippen LogP contribution is 2.34. The molecule has 0 aromatic carbocycles. The van der Waals surface area contributed by atoms with Gasteiger partial charge in [-0.05, 0) is 45.4 Å². The number of urea groups is 1. The Labute approximate surface area is 274 Å². The summed E-state index contributed by atoms with van der Waals surface area (Å²) < 4.78 is 2.25. The first-order valence-corrected chi connectivity index (χ1v) is 16.2. The minimum Gasteiger partial charge on any atom is -0.384 e. The number of nitrogens with one attached hydrogen (secondary N) is 2. The number of amides is 5. The third kappa shape index (κ3) is 9.78. The van der Waals surface area contributed by atoms with Crippen molar-refractivity contribution in [3.63, 3.8) is 0 Å². The van der Waals surface area contributed by atoms with E-state index >= 15 is 0 Å². The van der Waals surface area contributed by atoms with Gasteiger partial charge in [-0.1, -0.05) is 43.2 Å². The molecule has 1 aliphatic carbocycles. The number of carbonyl (C=O) groups is 4. The molecular weight excluding hydrogens is 618 g/mol. The molecule has 1 saturated carbocycles. The molecule has 3 rings (SSSR count). The van der Waals surface area contributed by atoms with Crippen molar-refractivity contribution in [1.82, 2.24) is 34.9 Å². The predicted octanol–water partition coefficient (Wildman–Crippen LogP) is 0.245. The molecule has 5 amide bonds. The number of aliphatic hydroxyl groups excluding tert-OH is 1. The average molecular weight is 666 g/mol. The standard InChI is InChI=1S/C30H48ClN9O6/c1-4-13-34-29(45)35-14-9-8-12-22(25(41)26(33)42)39(31)28(44)23-16-20(40-24(17-36-37-40)30(2,3)46)18-38(23)27(43)21(32)15-19-10-6-5-7-11-19/h1,17,19-23,25,41,46H,5-16,18,32H2,2-3H3,(H2,33,42)(H2,34,35,45)/t20-,21+,22?,23-,25?/m0/s1. The maximum Gasteiger partial charge on any atom is 0.315 e. The van der Waals surface area contributed by atoms with E-state index in [2.05, 4.69) is 26.9 Å². The molecule has 5 atom stereocenters. The molecule has 1 aromatic heterocycles.